The number of hydrogen-bond acceptors (Lipinski definition) is 5. The van der Waals surface area contributed by atoms with E-state index < -0.39 is 0 Å². The van der Waals surface area contributed by atoms with Gasteiger partial charge in [0, 0.05) is 29.6 Å². The fraction of sp³-hybridized carbons (Fsp3) is 0.0714. The molecule has 0 aliphatic heterocycles. The number of benzene rings is 4. The molecule has 3 N–H and O–H groups in total. The second kappa shape index (κ2) is 9.61. The summed E-state index contributed by atoms with van der Waals surface area (Å²) in [6.45, 7) is 0.441. The molecule has 2 amide bonds. The first-order valence-corrected chi connectivity index (χ1v) is 11.1. The third-order valence-electron chi connectivity index (χ3n) is 5.63. The van der Waals surface area contributed by atoms with Gasteiger partial charge in [0.2, 0.25) is 0 Å². The maximum atomic E-state index is 12.5. The molecule has 5 rings (SSSR count). The molecule has 35 heavy (non-hydrogen) atoms. The van der Waals surface area contributed by atoms with Gasteiger partial charge in [-0.15, -0.1) is 0 Å². The maximum Gasteiger partial charge on any atom is 0.319 e. The highest BCUT2D eigenvalue weighted by Crippen LogP contribution is 2.37. The molecule has 0 atom stereocenters. The van der Waals surface area contributed by atoms with Crippen molar-refractivity contribution in [3.05, 3.63) is 96.7 Å². The summed E-state index contributed by atoms with van der Waals surface area (Å²) >= 11 is 0. The number of phenolic OH excluding ortho intramolecular Hbond substituents is 1. The topological polar surface area (TPSA) is 92.7 Å². The number of carbonyl (C=O) groups excluding carboxylic acids is 1. The monoisotopic (exact) mass is 465 g/mol. The molecule has 7 nitrogen and oxygen atoms in total. The predicted molar refractivity (Wildman–Crippen MR) is 136 cm³/mol. The number of hydrogen-bond donors (Lipinski definition) is 3. The minimum absolute atomic E-state index is 0.0117. The first-order valence-electron chi connectivity index (χ1n) is 11.1. The van der Waals surface area contributed by atoms with Crippen LogP contribution in [0, 0.1) is 0 Å². The van der Waals surface area contributed by atoms with Gasteiger partial charge in [-0.3, -0.25) is 4.98 Å². The van der Waals surface area contributed by atoms with Crippen LogP contribution in [0.5, 0.6) is 23.0 Å². The summed E-state index contributed by atoms with van der Waals surface area (Å²) in [6.07, 6.45) is 1.64. The third kappa shape index (κ3) is 4.79. The lowest BCUT2D eigenvalue weighted by Gasteiger charge is -2.13. The summed E-state index contributed by atoms with van der Waals surface area (Å²) in [4.78, 5) is 16.8. The normalized spacial score (nSPS) is 10.8. The number of methoxy groups -OCH3 is 1. The number of rotatable bonds is 6. The molecular formula is C28H23N3O4. The fourth-order valence-corrected chi connectivity index (χ4v) is 3.90. The zero-order valence-electron chi connectivity index (χ0n) is 19.0. The zero-order valence-corrected chi connectivity index (χ0v) is 19.0. The summed E-state index contributed by atoms with van der Waals surface area (Å²) in [6, 6.07) is 25.8. The highest BCUT2D eigenvalue weighted by atomic mass is 16.5. The minimum atomic E-state index is -0.278. The zero-order chi connectivity index (χ0) is 24.2. The van der Waals surface area contributed by atoms with Gasteiger partial charge in [-0.1, -0.05) is 42.5 Å². The average Bonchev–Trinajstić information content (AvgIpc) is 2.88. The molecule has 0 aliphatic rings. The summed E-state index contributed by atoms with van der Waals surface area (Å²) < 4.78 is 11.3. The van der Waals surface area contributed by atoms with Crippen molar-refractivity contribution >= 4 is 33.4 Å². The molecule has 0 saturated heterocycles. The molecule has 174 valence electrons. The highest BCUT2D eigenvalue weighted by Gasteiger charge is 2.11. The van der Waals surface area contributed by atoms with Crippen molar-refractivity contribution in [3.63, 3.8) is 0 Å². The Morgan fingerprint density at radius 1 is 0.914 bits per heavy atom. The summed E-state index contributed by atoms with van der Waals surface area (Å²) in [7, 11) is 1.49. The lowest BCUT2D eigenvalue weighted by molar-refractivity contribution is 0.252. The van der Waals surface area contributed by atoms with Crippen LogP contribution in [-0.4, -0.2) is 23.2 Å². The van der Waals surface area contributed by atoms with Crippen LogP contribution in [0.3, 0.4) is 0 Å². The lowest BCUT2D eigenvalue weighted by atomic mass is 10.1. The molecule has 5 aromatic rings. The third-order valence-corrected chi connectivity index (χ3v) is 5.63. The van der Waals surface area contributed by atoms with E-state index in [1.807, 2.05) is 66.7 Å². The number of carbonyl (C=O) groups is 1. The van der Waals surface area contributed by atoms with Crippen LogP contribution in [0.2, 0.25) is 0 Å². The van der Waals surface area contributed by atoms with E-state index in [2.05, 4.69) is 15.6 Å². The summed E-state index contributed by atoms with van der Waals surface area (Å²) in [5.74, 6) is 1.53. The quantitative estimate of drug-likeness (QED) is 0.277. The number of aromatic hydroxyl groups is 1. The Bertz CT molecular complexity index is 1520. The van der Waals surface area contributed by atoms with Gasteiger partial charge in [0.25, 0.3) is 0 Å². The number of amides is 2. The number of ether oxygens (including phenoxy) is 2. The first-order chi connectivity index (χ1) is 17.1. The van der Waals surface area contributed by atoms with E-state index in [9.17, 15) is 9.90 Å². The first kappa shape index (κ1) is 22.0. The van der Waals surface area contributed by atoms with Crippen LogP contribution in [-0.2, 0) is 6.54 Å². The van der Waals surface area contributed by atoms with Crippen LogP contribution >= 0.6 is 0 Å². The van der Waals surface area contributed by atoms with Crippen molar-refractivity contribution < 1.29 is 19.4 Å². The van der Waals surface area contributed by atoms with Crippen molar-refractivity contribution in [2.45, 2.75) is 6.54 Å². The molecule has 0 bridgehead atoms. The second-order valence-corrected chi connectivity index (χ2v) is 7.93. The van der Waals surface area contributed by atoms with Crippen molar-refractivity contribution in [1.29, 1.82) is 0 Å². The van der Waals surface area contributed by atoms with E-state index in [1.54, 1.807) is 24.4 Å². The number of phenols is 1. The molecule has 0 saturated carbocycles. The van der Waals surface area contributed by atoms with Crippen LogP contribution in [0.25, 0.3) is 21.7 Å². The van der Waals surface area contributed by atoms with Gasteiger partial charge in [0.1, 0.15) is 11.5 Å². The van der Waals surface area contributed by atoms with Crippen molar-refractivity contribution in [3.8, 4) is 23.0 Å². The molecule has 0 spiro atoms. The molecular weight excluding hydrogens is 442 g/mol. The number of urea groups is 1. The maximum absolute atomic E-state index is 12.5. The number of aromatic nitrogens is 1. The Morgan fingerprint density at radius 2 is 1.77 bits per heavy atom. The van der Waals surface area contributed by atoms with E-state index in [0.29, 0.717) is 40.4 Å². The van der Waals surface area contributed by atoms with Crippen LogP contribution in [0.1, 0.15) is 5.56 Å². The number of pyridine rings is 1. The molecule has 0 fully saturated rings. The molecule has 0 unspecified atom stereocenters. The van der Waals surface area contributed by atoms with Gasteiger partial charge >= 0.3 is 6.03 Å². The van der Waals surface area contributed by atoms with Gasteiger partial charge in [-0.25, -0.2) is 4.79 Å². The predicted octanol–water partition coefficient (Wildman–Crippen LogP) is 6.22. The largest absolute Gasteiger partial charge is 0.504 e. The van der Waals surface area contributed by atoms with Crippen LogP contribution in [0.15, 0.2) is 91.1 Å². The molecule has 7 heteroatoms. The molecule has 1 heterocycles. The summed E-state index contributed by atoms with van der Waals surface area (Å²) in [5.41, 5.74) is 2.37. The van der Waals surface area contributed by atoms with Crippen molar-refractivity contribution in [2.24, 2.45) is 0 Å². The Balaban J connectivity index is 1.36. The van der Waals surface area contributed by atoms with E-state index in [4.69, 9.17) is 9.47 Å². The van der Waals surface area contributed by atoms with Crippen molar-refractivity contribution in [1.82, 2.24) is 10.3 Å². The van der Waals surface area contributed by atoms with Crippen LogP contribution < -0.4 is 20.1 Å². The summed E-state index contributed by atoms with van der Waals surface area (Å²) in [5, 5.41) is 18.5. The number of anilines is 1. The number of nitrogens with zero attached hydrogens (tertiary/aromatic N) is 1. The molecule has 1 aromatic heterocycles. The minimum Gasteiger partial charge on any atom is -0.504 e. The van der Waals surface area contributed by atoms with Gasteiger partial charge in [0.15, 0.2) is 11.5 Å². The van der Waals surface area contributed by atoms with Crippen molar-refractivity contribution in [2.75, 3.05) is 12.4 Å². The Morgan fingerprint density at radius 3 is 2.60 bits per heavy atom. The van der Waals surface area contributed by atoms with Gasteiger partial charge in [-0.05, 0) is 47.3 Å². The fourth-order valence-electron chi connectivity index (χ4n) is 3.90. The van der Waals surface area contributed by atoms with Gasteiger partial charge < -0.3 is 25.2 Å². The molecule has 0 aliphatic carbocycles. The Hall–Kier alpha value is -4.78. The second-order valence-electron chi connectivity index (χ2n) is 7.93. The van der Waals surface area contributed by atoms with Gasteiger partial charge in [0.05, 0.1) is 18.3 Å². The number of nitrogens with one attached hydrogen (secondary N) is 2. The smallest absolute Gasteiger partial charge is 0.319 e. The molecule has 4 aromatic carbocycles. The number of fused-ring (bicyclic) bond motifs is 2. The Kier molecular flexibility index (Phi) is 6.05. The standard InChI is InChI=1S/C28H23N3O4/c1-34-27-16-24-22(15-25(27)32)26(12-13-29-24)35-20-10-11-21-19(14-20)8-5-9-23(21)31-28(33)30-17-18-6-3-2-4-7-18/h2-16,32H,17H2,1H3,(H2,30,31,33). The lowest BCUT2D eigenvalue weighted by Crippen LogP contribution is -2.28. The van der Waals surface area contributed by atoms with Crippen LogP contribution in [0.4, 0.5) is 10.5 Å². The highest BCUT2D eigenvalue weighted by molar-refractivity contribution is 6.02. The van der Waals surface area contributed by atoms with E-state index in [1.165, 1.54) is 7.11 Å². The average molecular weight is 466 g/mol. The van der Waals surface area contributed by atoms with Gasteiger partial charge in [-0.2, -0.15) is 0 Å². The molecule has 0 radical (unpaired) electrons. The van der Waals surface area contributed by atoms with E-state index in [0.717, 1.165) is 16.3 Å². The van der Waals surface area contributed by atoms with E-state index in [-0.39, 0.29) is 11.8 Å². The van der Waals surface area contributed by atoms with E-state index >= 15 is 0 Å². The SMILES string of the molecule is COc1cc2nccc(Oc3ccc4c(NC(=O)NCc5ccccc5)cccc4c3)c2cc1O. The Labute approximate surface area is 202 Å².